The Balaban J connectivity index is 1.70. The van der Waals surface area contributed by atoms with Gasteiger partial charge in [-0.05, 0) is 30.0 Å². The van der Waals surface area contributed by atoms with E-state index in [0.717, 1.165) is 6.42 Å². The van der Waals surface area contributed by atoms with Gasteiger partial charge in [0.05, 0.1) is 24.1 Å². The van der Waals surface area contributed by atoms with Crippen molar-refractivity contribution in [3.63, 3.8) is 0 Å². The zero-order chi connectivity index (χ0) is 16.9. The fourth-order valence-corrected chi connectivity index (χ4v) is 3.87. The van der Waals surface area contributed by atoms with Crippen molar-refractivity contribution in [1.82, 2.24) is 14.9 Å². The summed E-state index contributed by atoms with van der Waals surface area (Å²) < 4.78 is 7.49. The summed E-state index contributed by atoms with van der Waals surface area (Å²) in [7, 11) is 0. The second-order valence-corrected chi connectivity index (χ2v) is 6.99. The van der Waals surface area contributed by atoms with Gasteiger partial charge in [0.15, 0.2) is 5.16 Å². The first-order valence-electron chi connectivity index (χ1n) is 7.59. The predicted molar refractivity (Wildman–Crippen MR) is 95.4 cm³/mol. The SMILES string of the molecule is CCCn1c(SCC(=O)NCc2ccco2)nc2ccsc2c1=O. The van der Waals surface area contributed by atoms with Gasteiger partial charge in [0.2, 0.25) is 5.91 Å². The van der Waals surface area contributed by atoms with Crippen LogP contribution in [0.2, 0.25) is 0 Å². The average Bonchev–Trinajstić information content (AvgIpc) is 3.25. The molecule has 3 aromatic heterocycles. The number of furan rings is 1. The first-order chi connectivity index (χ1) is 11.7. The van der Waals surface area contributed by atoms with E-state index >= 15 is 0 Å². The maximum absolute atomic E-state index is 12.5. The predicted octanol–water partition coefficient (Wildman–Crippen LogP) is 2.87. The van der Waals surface area contributed by atoms with Crippen LogP contribution in [-0.2, 0) is 17.9 Å². The minimum atomic E-state index is -0.126. The van der Waals surface area contributed by atoms with Crippen LogP contribution in [0.15, 0.2) is 44.2 Å². The molecule has 24 heavy (non-hydrogen) atoms. The Morgan fingerprint density at radius 2 is 2.33 bits per heavy atom. The lowest BCUT2D eigenvalue weighted by Gasteiger charge is -2.10. The Labute approximate surface area is 146 Å². The van der Waals surface area contributed by atoms with Gasteiger partial charge < -0.3 is 9.73 Å². The van der Waals surface area contributed by atoms with Crippen molar-refractivity contribution in [2.45, 2.75) is 31.6 Å². The van der Waals surface area contributed by atoms with Crippen molar-refractivity contribution in [3.8, 4) is 0 Å². The Morgan fingerprint density at radius 1 is 1.46 bits per heavy atom. The van der Waals surface area contributed by atoms with E-state index in [9.17, 15) is 9.59 Å². The second-order valence-electron chi connectivity index (χ2n) is 5.13. The number of fused-ring (bicyclic) bond motifs is 1. The van der Waals surface area contributed by atoms with Gasteiger partial charge in [-0.1, -0.05) is 18.7 Å². The molecule has 0 saturated carbocycles. The number of thiophene rings is 1. The van der Waals surface area contributed by atoms with E-state index in [1.807, 2.05) is 18.4 Å². The molecule has 6 nitrogen and oxygen atoms in total. The molecule has 0 bridgehead atoms. The molecule has 1 N–H and O–H groups in total. The van der Waals surface area contributed by atoms with Gasteiger partial charge in [-0.3, -0.25) is 14.2 Å². The van der Waals surface area contributed by atoms with Crippen molar-refractivity contribution < 1.29 is 9.21 Å². The molecule has 3 heterocycles. The second kappa shape index (κ2) is 7.67. The summed E-state index contributed by atoms with van der Waals surface area (Å²) in [6.07, 6.45) is 2.40. The van der Waals surface area contributed by atoms with Crippen LogP contribution in [0.4, 0.5) is 0 Å². The maximum atomic E-state index is 12.5. The number of amides is 1. The zero-order valence-corrected chi connectivity index (χ0v) is 14.8. The van der Waals surface area contributed by atoms with Gasteiger partial charge in [-0.25, -0.2) is 4.98 Å². The van der Waals surface area contributed by atoms with Gasteiger partial charge >= 0.3 is 0 Å². The third-order valence-electron chi connectivity index (χ3n) is 3.35. The monoisotopic (exact) mass is 363 g/mol. The number of thioether (sulfide) groups is 1. The summed E-state index contributed by atoms with van der Waals surface area (Å²) in [4.78, 5) is 29.1. The van der Waals surface area contributed by atoms with E-state index < -0.39 is 0 Å². The van der Waals surface area contributed by atoms with Crippen LogP contribution in [0.3, 0.4) is 0 Å². The Bertz CT molecular complexity index is 884. The minimum Gasteiger partial charge on any atom is -0.467 e. The molecule has 0 aliphatic carbocycles. The number of carbonyl (C=O) groups excluding carboxylic acids is 1. The van der Waals surface area contributed by atoms with Crippen molar-refractivity contribution in [3.05, 3.63) is 46.0 Å². The summed E-state index contributed by atoms with van der Waals surface area (Å²) in [5.41, 5.74) is 0.659. The van der Waals surface area contributed by atoms with E-state index in [1.165, 1.54) is 23.1 Å². The Morgan fingerprint density at radius 3 is 3.08 bits per heavy atom. The molecule has 0 aliphatic heterocycles. The molecule has 0 spiro atoms. The van der Waals surface area contributed by atoms with Crippen LogP contribution in [0, 0.1) is 0 Å². The topological polar surface area (TPSA) is 77.1 Å². The normalized spacial score (nSPS) is 11.0. The van der Waals surface area contributed by atoms with Gasteiger partial charge in [0.25, 0.3) is 5.56 Å². The van der Waals surface area contributed by atoms with Crippen LogP contribution >= 0.6 is 23.1 Å². The van der Waals surface area contributed by atoms with Crippen LogP contribution in [0.25, 0.3) is 10.2 Å². The lowest BCUT2D eigenvalue weighted by Crippen LogP contribution is -2.26. The van der Waals surface area contributed by atoms with Crippen molar-refractivity contribution >= 4 is 39.2 Å². The summed E-state index contributed by atoms with van der Waals surface area (Å²) in [5.74, 6) is 0.778. The van der Waals surface area contributed by atoms with Crippen LogP contribution < -0.4 is 10.9 Å². The van der Waals surface area contributed by atoms with E-state index in [4.69, 9.17) is 4.42 Å². The first-order valence-corrected chi connectivity index (χ1v) is 9.45. The Kier molecular flexibility index (Phi) is 5.37. The summed E-state index contributed by atoms with van der Waals surface area (Å²) in [5, 5.41) is 5.23. The van der Waals surface area contributed by atoms with Gasteiger partial charge in [0.1, 0.15) is 10.5 Å². The van der Waals surface area contributed by atoms with E-state index in [2.05, 4.69) is 10.3 Å². The van der Waals surface area contributed by atoms with E-state index in [0.29, 0.717) is 34.2 Å². The minimum absolute atomic E-state index is 0.0321. The molecule has 126 valence electrons. The third kappa shape index (κ3) is 3.70. The van der Waals surface area contributed by atoms with E-state index in [1.54, 1.807) is 23.0 Å². The molecule has 0 saturated heterocycles. The smallest absolute Gasteiger partial charge is 0.272 e. The lowest BCUT2D eigenvalue weighted by molar-refractivity contribution is -0.118. The number of aromatic nitrogens is 2. The molecule has 0 fully saturated rings. The fraction of sp³-hybridized carbons (Fsp3) is 0.312. The number of nitrogens with one attached hydrogen (secondary N) is 1. The molecular formula is C16H17N3O3S2. The summed E-state index contributed by atoms with van der Waals surface area (Å²) >= 11 is 2.68. The van der Waals surface area contributed by atoms with Gasteiger partial charge in [-0.15, -0.1) is 11.3 Å². The average molecular weight is 363 g/mol. The Hall–Kier alpha value is -2.06. The van der Waals surface area contributed by atoms with Crippen molar-refractivity contribution in [1.29, 1.82) is 0 Å². The molecular weight excluding hydrogens is 346 g/mol. The van der Waals surface area contributed by atoms with Crippen molar-refractivity contribution in [2.75, 3.05) is 5.75 Å². The molecule has 1 amide bonds. The fourth-order valence-electron chi connectivity index (χ4n) is 2.23. The zero-order valence-electron chi connectivity index (χ0n) is 13.2. The number of hydrogen-bond acceptors (Lipinski definition) is 6. The van der Waals surface area contributed by atoms with Crippen LogP contribution in [-0.4, -0.2) is 21.2 Å². The molecule has 0 atom stereocenters. The van der Waals surface area contributed by atoms with Gasteiger partial charge in [0, 0.05) is 6.54 Å². The highest BCUT2D eigenvalue weighted by atomic mass is 32.2. The third-order valence-corrected chi connectivity index (χ3v) is 5.22. The first kappa shape index (κ1) is 16.8. The van der Waals surface area contributed by atoms with Crippen LogP contribution in [0.5, 0.6) is 0 Å². The highest BCUT2D eigenvalue weighted by Gasteiger charge is 2.13. The van der Waals surface area contributed by atoms with Gasteiger partial charge in [-0.2, -0.15) is 0 Å². The van der Waals surface area contributed by atoms with Crippen LogP contribution in [0.1, 0.15) is 19.1 Å². The molecule has 8 heteroatoms. The molecule has 0 radical (unpaired) electrons. The highest BCUT2D eigenvalue weighted by Crippen LogP contribution is 2.21. The standard InChI is InChI=1S/C16H17N3O3S2/c1-2-6-19-15(21)14-12(5-8-23-14)18-16(19)24-10-13(20)17-9-11-4-3-7-22-11/h3-5,7-8H,2,6,9-10H2,1H3,(H,17,20). The number of carbonyl (C=O) groups is 1. The number of hydrogen-bond donors (Lipinski definition) is 1. The van der Waals surface area contributed by atoms with Crippen molar-refractivity contribution in [2.24, 2.45) is 0 Å². The molecule has 0 aliphatic rings. The largest absolute Gasteiger partial charge is 0.467 e. The quantitative estimate of drug-likeness (QED) is 0.516. The number of rotatable bonds is 7. The lowest BCUT2D eigenvalue weighted by atomic mass is 10.4. The number of nitrogens with zero attached hydrogens (tertiary/aromatic N) is 2. The molecule has 0 aromatic carbocycles. The summed E-state index contributed by atoms with van der Waals surface area (Å²) in [6.45, 7) is 2.96. The summed E-state index contributed by atoms with van der Waals surface area (Å²) in [6, 6.07) is 5.41. The van der Waals surface area contributed by atoms with E-state index in [-0.39, 0.29) is 17.2 Å². The molecule has 3 aromatic rings. The maximum Gasteiger partial charge on any atom is 0.272 e. The molecule has 0 unspecified atom stereocenters. The highest BCUT2D eigenvalue weighted by molar-refractivity contribution is 7.99. The molecule has 3 rings (SSSR count).